The third-order valence-electron chi connectivity index (χ3n) is 3.40. The predicted octanol–water partition coefficient (Wildman–Crippen LogP) is 2.21. The van der Waals surface area contributed by atoms with Crippen LogP contribution in [-0.2, 0) is 4.79 Å². The molecule has 1 unspecified atom stereocenters. The van der Waals surface area contributed by atoms with Crippen molar-refractivity contribution in [3.63, 3.8) is 0 Å². The average Bonchev–Trinajstić information content (AvgIpc) is 2.78. The quantitative estimate of drug-likeness (QED) is 0.699. The second kappa shape index (κ2) is 7.66. The van der Waals surface area contributed by atoms with Crippen LogP contribution in [0.2, 0.25) is 0 Å². The second-order valence-electron chi connectivity index (χ2n) is 4.82. The molecule has 1 rings (SSSR count). The molecule has 0 heterocycles. The smallest absolute Gasteiger partial charge is 0.234 e. The van der Waals surface area contributed by atoms with Crippen LogP contribution in [0.25, 0.3) is 0 Å². The van der Waals surface area contributed by atoms with Crippen molar-refractivity contribution in [2.45, 2.75) is 70.9 Å². The van der Waals surface area contributed by atoms with Gasteiger partial charge in [-0.2, -0.15) is 0 Å². The lowest BCUT2D eigenvalue weighted by atomic mass is 10.1. The Labute approximate surface area is 99.4 Å². The Morgan fingerprint density at radius 3 is 2.56 bits per heavy atom. The first kappa shape index (κ1) is 13.5. The van der Waals surface area contributed by atoms with Gasteiger partial charge >= 0.3 is 0 Å². The maximum Gasteiger partial charge on any atom is 0.234 e. The molecule has 0 saturated heterocycles. The SMILES string of the molecule is CCCC(CC)NC(=O)CNC1CCCC1. The lowest BCUT2D eigenvalue weighted by Crippen LogP contribution is -2.42. The van der Waals surface area contributed by atoms with E-state index in [4.69, 9.17) is 0 Å². The van der Waals surface area contributed by atoms with Crippen molar-refractivity contribution < 1.29 is 4.79 Å². The summed E-state index contributed by atoms with van der Waals surface area (Å²) in [4.78, 5) is 11.7. The molecule has 0 bridgehead atoms. The van der Waals surface area contributed by atoms with Crippen molar-refractivity contribution >= 4 is 5.91 Å². The maximum atomic E-state index is 11.7. The van der Waals surface area contributed by atoms with Crippen LogP contribution in [0, 0.1) is 0 Å². The number of rotatable bonds is 7. The van der Waals surface area contributed by atoms with Gasteiger partial charge in [-0.15, -0.1) is 0 Å². The van der Waals surface area contributed by atoms with Gasteiger partial charge in [0, 0.05) is 12.1 Å². The zero-order valence-corrected chi connectivity index (χ0v) is 10.7. The van der Waals surface area contributed by atoms with Gasteiger partial charge in [0.15, 0.2) is 0 Å². The second-order valence-corrected chi connectivity index (χ2v) is 4.82. The molecule has 0 radical (unpaired) electrons. The molecule has 16 heavy (non-hydrogen) atoms. The standard InChI is InChI=1S/C13H26N2O/c1-3-7-11(4-2)15-13(16)10-14-12-8-5-6-9-12/h11-12,14H,3-10H2,1-2H3,(H,15,16). The minimum absolute atomic E-state index is 0.159. The highest BCUT2D eigenvalue weighted by Gasteiger charge is 2.16. The molecule has 0 aliphatic heterocycles. The molecule has 0 aromatic heterocycles. The van der Waals surface area contributed by atoms with Gasteiger partial charge in [0.1, 0.15) is 0 Å². The third kappa shape index (κ3) is 4.97. The number of nitrogens with one attached hydrogen (secondary N) is 2. The summed E-state index contributed by atoms with van der Waals surface area (Å²) >= 11 is 0. The van der Waals surface area contributed by atoms with E-state index in [-0.39, 0.29) is 5.91 Å². The van der Waals surface area contributed by atoms with Crippen molar-refractivity contribution in [2.75, 3.05) is 6.54 Å². The van der Waals surface area contributed by atoms with E-state index >= 15 is 0 Å². The molecule has 1 fully saturated rings. The van der Waals surface area contributed by atoms with Gasteiger partial charge in [-0.25, -0.2) is 0 Å². The van der Waals surface area contributed by atoms with E-state index in [0.29, 0.717) is 18.6 Å². The monoisotopic (exact) mass is 226 g/mol. The first-order chi connectivity index (χ1) is 7.76. The molecule has 1 aliphatic rings. The van der Waals surface area contributed by atoms with Gasteiger partial charge in [-0.3, -0.25) is 4.79 Å². The molecule has 3 heteroatoms. The molecule has 1 aliphatic carbocycles. The molecule has 0 aromatic carbocycles. The zero-order valence-electron chi connectivity index (χ0n) is 10.7. The Morgan fingerprint density at radius 1 is 1.31 bits per heavy atom. The fourth-order valence-electron chi connectivity index (χ4n) is 2.37. The van der Waals surface area contributed by atoms with Crippen LogP contribution in [0.15, 0.2) is 0 Å². The highest BCUT2D eigenvalue weighted by Crippen LogP contribution is 2.17. The topological polar surface area (TPSA) is 41.1 Å². The molecule has 1 atom stereocenters. The maximum absolute atomic E-state index is 11.7. The van der Waals surface area contributed by atoms with Gasteiger partial charge < -0.3 is 10.6 Å². The normalized spacial score (nSPS) is 18.6. The Kier molecular flexibility index (Phi) is 6.46. The number of carbonyl (C=O) groups is 1. The third-order valence-corrected chi connectivity index (χ3v) is 3.40. The Bertz CT molecular complexity index is 200. The Hall–Kier alpha value is -0.570. The summed E-state index contributed by atoms with van der Waals surface area (Å²) in [7, 11) is 0. The summed E-state index contributed by atoms with van der Waals surface area (Å²) in [6.07, 6.45) is 8.35. The molecular formula is C13H26N2O. The van der Waals surface area contributed by atoms with Gasteiger partial charge in [-0.1, -0.05) is 33.1 Å². The average molecular weight is 226 g/mol. The molecule has 0 aromatic rings. The van der Waals surface area contributed by atoms with Crippen molar-refractivity contribution in [1.29, 1.82) is 0 Å². The van der Waals surface area contributed by atoms with E-state index in [0.717, 1.165) is 19.3 Å². The van der Waals surface area contributed by atoms with Crippen LogP contribution in [0.1, 0.15) is 58.8 Å². The number of hydrogen-bond acceptors (Lipinski definition) is 2. The summed E-state index contributed by atoms with van der Waals surface area (Å²) in [5, 5.41) is 6.43. The van der Waals surface area contributed by atoms with Gasteiger partial charge in [0.25, 0.3) is 0 Å². The fraction of sp³-hybridized carbons (Fsp3) is 0.923. The van der Waals surface area contributed by atoms with Crippen LogP contribution >= 0.6 is 0 Å². The van der Waals surface area contributed by atoms with Gasteiger partial charge in [-0.05, 0) is 25.7 Å². The molecule has 0 spiro atoms. The highest BCUT2D eigenvalue weighted by molar-refractivity contribution is 5.78. The fourth-order valence-corrected chi connectivity index (χ4v) is 2.37. The Balaban J connectivity index is 2.13. The van der Waals surface area contributed by atoms with Crippen LogP contribution < -0.4 is 10.6 Å². The zero-order chi connectivity index (χ0) is 11.8. The number of carbonyl (C=O) groups excluding carboxylic acids is 1. The van der Waals surface area contributed by atoms with Crippen LogP contribution in [0.4, 0.5) is 0 Å². The first-order valence-corrected chi connectivity index (χ1v) is 6.79. The van der Waals surface area contributed by atoms with Crippen molar-refractivity contribution in [3.8, 4) is 0 Å². The molecular weight excluding hydrogens is 200 g/mol. The summed E-state index contributed by atoms with van der Waals surface area (Å²) in [5.74, 6) is 0.159. The van der Waals surface area contributed by atoms with E-state index in [1.54, 1.807) is 0 Å². The molecule has 94 valence electrons. The van der Waals surface area contributed by atoms with Crippen LogP contribution in [0.3, 0.4) is 0 Å². The molecule has 1 saturated carbocycles. The van der Waals surface area contributed by atoms with Crippen molar-refractivity contribution in [1.82, 2.24) is 10.6 Å². The molecule has 3 nitrogen and oxygen atoms in total. The largest absolute Gasteiger partial charge is 0.352 e. The van der Waals surface area contributed by atoms with Crippen LogP contribution in [0.5, 0.6) is 0 Å². The lowest BCUT2D eigenvalue weighted by Gasteiger charge is -2.17. The summed E-state index contributed by atoms with van der Waals surface area (Å²) < 4.78 is 0. The summed E-state index contributed by atoms with van der Waals surface area (Å²) in [6, 6.07) is 0.944. The lowest BCUT2D eigenvalue weighted by molar-refractivity contribution is -0.121. The predicted molar refractivity (Wildman–Crippen MR) is 67.4 cm³/mol. The van der Waals surface area contributed by atoms with Crippen LogP contribution in [-0.4, -0.2) is 24.5 Å². The van der Waals surface area contributed by atoms with Gasteiger partial charge in [0.2, 0.25) is 5.91 Å². The molecule has 1 amide bonds. The highest BCUT2D eigenvalue weighted by atomic mass is 16.1. The number of amides is 1. The first-order valence-electron chi connectivity index (χ1n) is 6.79. The van der Waals surface area contributed by atoms with E-state index in [9.17, 15) is 4.79 Å². The van der Waals surface area contributed by atoms with Gasteiger partial charge in [0.05, 0.1) is 6.54 Å². The number of hydrogen-bond donors (Lipinski definition) is 2. The van der Waals surface area contributed by atoms with E-state index in [1.807, 2.05) is 0 Å². The van der Waals surface area contributed by atoms with Crippen molar-refractivity contribution in [3.05, 3.63) is 0 Å². The minimum atomic E-state index is 0.159. The summed E-state index contributed by atoms with van der Waals surface area (Å²) in [5.41, 5.74) is 0. The minimum Gasteiger partial charge on any atom is -0.352 e. The molecule has 2 N–H and O–H groups in total. The van der Waals surface area contributed by atoms with Crippen molar-refractivity contribution in [2.24, 2.45) is 0 Å². The van der Waals surface area contributed by atoms with E-state index in [2.05, 4.69) is 24.5 Å². The van der Waals surface area contributed by atoms with E-state index < -0.39 is 0 Å². The van der Waals surface area contributed by atoms with E-state index in [1.165, 1.54) is 25.7 Å². The Morgan fingerprint density at radius 2 is 2.00 bits per heavy atom. The summed E-state index contributed by atoms with van der Waals surface area (Å²) in [6.45, 7) is 4.78.